The minimum absolute atomic E-state index is 0.110. The summed E-state index contributed by atoms with van der Waals surface area (Å²) in [4.78, 5) is 13.8. The van der Waals surface area contributed by atoms with Gasteiger partial charge in [0.05, 0.1) is 0 Å². The number of furan rings is 1. The van der Waals surface area contributed by atoms with Crippen LogP contribution >= 0.6 is 11.6 Å². The molecule has 24 heavy (non-hydrogen) atoms. The van der Waals surface area contributed by atoms with Crippen molar-refractivity contribution in [3.8, 4) is 17.4 Å². The Morgan fingerprint density at radius 2 is 2.17 bits per heavy atom. The predicted octanol–water partition coefficient (Wildman–Crippen LogP) is 3.61. The lowest BCUT2D eigenvalue weighted by Crippen LogP contribution is -2.20. The molecule has 0 fully saturated rings. The smallest absolute Gasteiger partial charge is 0.349 e. The number of halogens is 1. The number of hydrogen-bond donors (Lipinski definition) is 0. The fraction of sp³-hybridized carbons (Fsp3) is 0.222. The van der Waals surface area contributed by atoms with E-state index < -0.39 is 5.97 Å². The number of benzene rings is 1. The molecule has 2 aromatic rings. The summed E-state index contributed by atoms with van der Waals surface area (Å²) in [5.41, 5.74) is 0.704. The van der Waals surface area contributed by atoms with Crippen molar-refractivity contribution in [2.45, 2.75) is 0 Å². The van der Waals surface area contributed by atoms with Crippen LogP contribution in [0, 0.1) is 11.3 Å². The Morgan fingerprint density at radius 1 is 1.38 bits per heavy atom. The van der Waals surface area contributed by atoms with Gasteiger partial charge in [0.15, 0.2) is 0 Å². The van der Waals surface area contributed by atoms with Crippen LogP contribution in [-0.2, 0) is 9.53 Å². The maximum absolute atomic E-state index is 11.9. The molecule has 0 saturated carbocycles. The molecule has 0 atom stereocenters. The molecule has 124 valence electrons. The summed E-state index contributed by atoms with van der Waals surface area (Å²) in [5, 5.41) is 9.74. The second kappa shape index (κ2) is 8.34. The van der Waals surface area contributed by atoms with Crippen LogP contribution in [0.5, 0.6) is 0 Å². The van der Waals surface area contributed by atoms with E-state index in [0.29, 0.717) is 23.1 Å². The first-order chi connectivity index (χ1) is 11.5. The summed E-state index contributed by atoms with van der Waals surface area (Å²) in [5.74, 6) is 0.327. The van der Waals surface area contributed by atoms with Gasteiger partial charge in [-0.15, -0.1) is 0 Å². The van der Waals surface area contributed by atoms with Crippen molar-refractivity contribution in [3.63, 3.8) is 0 Å². The van der Waals surface area contributed by atoms with E-state index in [1.807, 2.05) is 37.2 Å². The SMILES string of the molecule is CN(C)CCOC(=O)C(C#N)=Cc1ccc(-c2cccc(Cl)c2)o1. The molecular weight excluding hydrogens is 328 g/mol. The number of nitrogens with zero attached hydrogens (tertiary/aromatic N) is 2. The largest absolute Gasteiger partial charge is 0.460 e. The van der Waals surface area contributed by atoms with E-state index in [0.717, 1.165) is 5.56 Å². The van der Waals surface area contributed by atoms with Gasteiger partial charge < -0.3 is 14.1 Å². The van der Waals surface area contributed by atoms with Crippen molar-refractivity contribution in [1.82, 2.24) is 4.90 Å². The summed E-state index contributed by atoms with van der Waals surface area (Å²) in [6.07, 6.45) is 1.37. The lowest BCUT2D eigenvalue weighted by Gasteiger charge is -2.09. The van der Waals surface area contributed by atoms with Crippen molar-refractivity contribution in [2.75, 3.05) is 27.2 Å². The summed E-state index contributed by atoms with van der Waals surface area (Å²) in [6.45, 7) is 0.806. The van der Waals surface area contributed by atoms with E-state index in [-0.39, 0.29) is 12.2 Å². The number of carbonyl (C=O) groups is 1. The molecule has 5 nitrogen and oxygen atoms in total. The average molecular weight is 345 g/mol. The van der Waals surface area contributed by atoms with Crippen molar-refractivity contribution in [1.29, 1.82) is 5.26 Å². The maximum atomic E-state index is 11.9. The van der Waals surface area contributed by atoms with Gasteiger partial charge in [0.2, 0.25) is 0 Å². The van der Waals surface area contributed by atoms with Crippen molar-refractivity contribution >= 4 is 23.6 Å². The van der Waals surface area contributed by atoms with Crippen molar-refractivity contribution in [2.24, 2.45) is 0 Å². The quantitative estimate of drug-likeness (QED) is 0.455. The molecule has 1 aromatic carbocycles. The van der Waals surface area contributed by atoms with Crippen LogP contribution in [0.4, 0.5) is 0 Å². The first kappa shape index (κ1) is 17.8. The predicted molar refractivity (Wildman–Crippen MR) is 92.3 cm³/mol. The normalized spacial score (nSPS) is 11.4. The molecule has 2 rings (SSSR count). The third-order valence-electron chi connectivity index (χ3n) is 3.13. The van der Waals surface area contributed by atoms with Gasteiger partial charge in [0.1, 0.15) is 29.8 Å². The zero-order chi connectivity index (χ0) is 17.5. The van der Waals surface area contributed by atoms with Crippen LogP contribution in [0.1, 0.15) is 5.76 Å². The zero-order valence-electron chi connectivity index (χ0n) is 13.5. The minimum atomic E-state index is -0.667. The number of carbonyl (C=O) groups excluding carboxylic acids is 1. The van der Waals surface area contributed by atoms with Gasteiger partial charge in [-0.05, 0) is 38.4 Å². The van der Waals surface area contributed by atoms with Crippen molar-refractivity contribution < 1.29 is 13.9 Å². The molecule has 0 aliphatic heterocycles. The fourth-order valence-electron chi connectivity index (χ4n) is 1.91. The monoisotopic (exact) mass is 344 g/mol. The average Bonchev–Trinajstić information content (AvgIpc) is 3.00. The van der Waals surface area contributed by atoms with Gasteiger partial charge >= 0.3 is 5.97 Å². The molecule has 0 saturated heterocycles. The van der Waals surface area contributed by atoms with Crippen LogP contribution in [0.3, 0.4) is 0 Å². The number of likely N-dealkylation sites (N-methyl/N-ethyl adjacent to an activating group) is 1. The summed E-state index contributed by atoms with van der Waals surface area (Å²) in [7, 11) is 3.74. The molecule has 1 aromatic heterocycles. The Labute approximate surface area is 145 Å². The molecule has 0 spiro atoms. The number of ether oxygens (including phenoxy) is 1. The second-order valence-corrected chi connectivity index (χ2v) is 5.76. The first-order valence-electron chi connectivity index (χ1n) is 7.29. The van der Waals surface area contributed by atoms with Gasteiger partial charge in [-0.3, -0.25) is 0 Å². The molecular formula is C18H17ClN2O3. The van der Waals surface area contributed by atoms with Crippen LogP contribution in [0.2, 0.25) is 5.02 Å². The van der Waals surface area contributed by atoms with E-state index in [1.165, 1.54) is 6.08 Å². The van der Waals surface area contributed by atoms with Crippen molar-refractivity contribution in [3.05, 3.63) is 52.8 Å². The molecule has 0 bridgehead atoms. The highest BCUT2D eigenvalue weighted by Crippen LogP contribution is 2.25. The fourth-order valence-corrected chi connectivity index (χ4v) is 2.10. The zero-order valence-corrected chi connectivity index (χ0v) is 14.2. The topological polar surface area (TPSA) is 66.5 Å². The number of hydrogen-bond acceptors (Lipinski definition) is 5. The molecule has 0 radical (unpaired) electrons. The van der Waals surface area contributed by atoms with E-state index in [9.17, 15) is 4.79 Å². The van der Waals surface area contributed by atoms with Crippen LogP contribution in [-0.4, -0.2) is 38.1 Å². The Morgan fingerprint density at radius 3 is 2.83 bits per heavy atom. The summed E-state index contributed by atoms with van der Waals surface area (Å²) >= 11 is 5.96. The highest BCUT2D eigenvalue weighted by molar-refractivity contribution is 6.30. The third-order valence-corrected chi connectivity index (χ3v) is 3.37. The molecule has 6 heteroatoms. The van der Waals surface area contributed by atoms with E-state index in [4.69, 9.17) is 26.0 Å². The molecule has 0 amide bonds. The first-order valence-corrected chi connectivity index (χ1v) is 7.67. The Bertz CT molecular complexity index is 788. The highest BCUT2D eigenvalue weighted by atomic mass is 35.5. The molecule has 0 unspecified atom stereocenters. The number of nitriles is 1. The van der Waals surface area contributed by atoms with E-state index in [1.54, 1.807) is 24.3 Å². The molecule has 0 N–H and O–H groups in total. The Hall–Kier alpha value is -2.55. The molecule has 0 aliphatic rings. The minimum Gasteiger partial charge on any atom is -0.460 e. The lowest BCUT2D eigenvalue weighted by molar-refractivity contribution is -0.138. The van der Waals surface area contributed by atoms with Gasteiger partial charge in [-0.1, -0.05) is 23.7 Å². The second-order valence-electron chi connectivity index (χ2n) is 5.32. The molecule has 0 aliphatic carbocycles. The number of esters is 1. The van der Waals surface area contributed by atoms with Gasteiger partial charge in [0.25, 0.3) is 0 Å². The highest BCUT2D eigenvalue weighted by Gasteiger charge is 2.12. The van der Waals surface area contributed by atoms with Crippen LogP contribution in [0.25, 0.3) is 17.4 Å². The number of rotatable bonds is 6. The summed E-state index contributed by atoms with van der Waals surface area (Å²) in [6, 6.07) is 12.5. The van der Waals surface area contributed by atoms with Crippen LogP contribution in [0.15, 0.2) is 46.4 Å². The molecule has 1 heterocycles. The van der Waals surface area contributed by atoms with E-state index >= 15 is 0 Å². The Balaban J connectivity index is 2.11. The third kappa shape index (κ3) is 4.98. The van der Waals surface area contributed by atoms with E-state index in [2.05, 4.69) is 0 Å². The van der Waals surface area contributed by atoms with Crippen LogP contribution < -0.4 is 0 Å². The van der Waals surface area contributed by atoms with Gasteiger partial charge in [-0.2, -0.15) is 5.26 Å². The Kier molecular flexibility index (Phi) is 6.19. The maximum Gasteiger partial charge on any atom is 0.349 e. The van der Waals surface area contributed by atoms with Gasteiger partial charge in [-0.25, -0.2) is 4.79 Å². The lowest BCUT2D eigenvalue weighted by atomic mass is 10.2. The summed E-state index contributed by atoms with van der Waals surface area (Å²) < 4.78 is 10.7. The van der Waals surface area contributed by atoms with Gasteiger partial charge in [0, 0.05) is 23.2 Å². The standard InChI is InChI=1S/C18H17ClN2O3/c1-21(2)8-9-23-18(22)14(12-20)11-16-6-7-17(24-16)13-4-3-5-15(19)10-13/h3-7,10-11H,8-9H2,1-2H3.